The van der Waals surface area contributed by atoms with E-state index in [1.54, 1.807) is 0 Å². The van der Waals surface area contributed by atoms with Crippen LogP contribution < -0.4 is 0 Å². The molecular weight excluding hydrogens is 991 g/mol. The molecule has 70 heavy (non-hydrogen) atoms. The van der Waals surface area contributed by atoms with Crippen LogP contribution in [0, 0.1) is 0 Å². The molecule has 0 unspecified atom stereocenters. The Kier molecular flexibility index (Phi) is 16.4. The van der Waals surface area contributed by atoms with Crippen LogP contribution in [-0.2, 0) is 0 Å². The maximum atomic E-state index is 10.3. The fourth-order valence-corrected chi connectivity index (χ4v) is 47.6. The molecule has 12 fully saturated rings. The number of hydrogen-bond acceptors (Lipinski definition) is 4. The van der Waals surface area contributed by atoms with Gasteiger partial charge in [-0.1, -0.05) is 0 Å². The van der Waals surface area contributed by atoms with E-state index >= 15 is 0 Å². The Morgan fingerprint density at radius 1 is 0.186 bits per heavy atom. The number of nitrogens with zero attached hydrogens (tertiary/aromatic N) is 16. The van der Waals surface area contributed by atoms with E-state index in [9.17, 15) is 11.2 Å². The third kappa shape index (κ3) is 9.37. The number of rotatable bonds is 16. The monoisotopic (exact) mass is 1090 g/mol. The molecule has 12 aliphatic rings. The third-order valence-electron chi connectivity index (χ3n) is 18.6. The Morgan fingerprint density at radius 3 is 0.357 bits per heavy atom. The first-order valence-corrected chi connectivity index (χ1v) is 39.1. The van der Waals surface area contributed by atoms with Crippen LogP contribution in [0.1, 0.15) is 154 Å². The van der Waals surface area contributed by atoms with Gasteiger partial charge in [0.15, 0.2) is 0 Å². The molecular formula is C48H96ClN16P5. The normalized spacial score (nSPS) is 30.4. The van der Waals surface area contributed by atoms with Gasteiger partial charge in [0.05, 0.1) is 0 Å². The molecule has 0 aliphatic carbocycles. The van der Waals surface area contributed by atoms with Gasteiger partial charge in [0, 0.05) is 0 Å². The third-order valence-corrected chi connectivity index (χ3v) is 43.7. The summed E-state index contributed by atoms with van der Waals surface area (Å²) < 4.78 is 65.2. The van der Waals surface area contributed by atoms with Crippen molar-refractivity contribution in [3.63, 3.8) is 0 Å². The zero-order chi connectivity index (χ0) is 47.1. The average Bonchev–Trinajstić information content (AvgIpc) is 4.23. The summed E-state index contributed by atoms with van der Waals surface area (Å²) in [5.74, 6) is 0. The van der Waals surface area contributed by atoms with Crippen molar-refractivity contribution in [2.24, 2.45) is 18.1 Å². The van der Waals surface area contributed by atoms with Crippen LogP contribution in [-0.4, -0.2) is 213 Å². The summed E-state index contributed by atoms with van der Waals surface area (Å²) >= 11 is 10.3. The van der Waals surface area contributed by atoms with Crippen molar-refractivity contribution in [1.82, 2.24) is 56.0 Å². The standard InChI is InChI=1S/C48H96ClN16P5/c49-70(50-66(54-25-1-2-26-54,55-27-3-4-28-55)56-29-5-6-30-56,51-67(57-31-7-8-32-57,58-33-9-10-34-58)59-35-11-12-36-59,52-68(60-37-13-14-38-60,61-39-15-16-40-61)62-41-17-18-42-62)53-69(63-43-19-20-44-63,64-45-21-22-46-64)65-47-23-24-48-65/h1-48H2. The van der Waals surface area contributed by atoms with E-state index in [2.05, 4.69) is 56.0 Å². The van der Waals surface area contributed by atoms with Gasteiger partial charge in [-0.2, -0.15) is 0 Å². The summed E-state index contributed by atoms with van der Waals surface area (Å²) in [5, 5.41) is 0. The summed E-state index contributed by atoms with van der Waals surface area (Å²) in [5.41, 5.74) is 0. The van der Waals surface area contributed by atoms with Crippen LogP contribution in [0.15, 0.2) is 18.1 Å². The minimum atomic E-state index is -5.06. The molecule has 12 rings (SSSR count). The summed E-state index contributed by atoms with van der Waals surface area (Å²) in [6, 6.07) is 0. The van der Waals surface area contributed by atoms with Gasteiger partial charge >= 0.3 is 433 Å². The summed E-state index contributed by atoms with van der Waals surface area (Å²) in [4.78, 5) is 0. The Balaban J connectivity index is 1.34. The molecule has 0 aromatic carbocycles. The quantitative estimate of drug-likeness (QED) is 0.138. The second kappa shape index (κ2) is 22.1. The van der Waals surface area contributed by atoms with Gasteiger partial charge in [0.1, 0.15) is 0 Å². The fourth-order valence-electron chi connectivity index (χ4n) is 15.4. The summed E-state index contributed by atoms with van der Waals surface area (Å²) in [6.07, 6.45) is 29.8. The predicted molar refractivity (Wildman–Crippen MR) is 300 cm³/mol. The molecule has 400 valence electrons. The fraction of sp³-hybridized carbons (Fsp3) is 1.00. The maximum absolute atomic E-state index is 10.3. The van der Waals surface area contributed by atoms with Crippen LogP contribution in [0.3, 0.4) is 0 Å². The first-order valence-electron chi connectivity index (χ1n) is 29.8. The van der Waals surface area contributed by atoms with Crippen molar-refractivity contribution in [3.05, 3.63) is 0 Å². The van der Waals surface area contributed by atoms with Crippen molar-refractivity contribution in [2.75, 3.05) is 157 Å². The van der Waals surface area contributed by atoms with Gasteiger partial charge < -0.3 is 0 Å². The topological polar surface area (TPSA) is 88.3 Å². The molecule has 0 bridgehead atoms. The van der Waals surface area contributed by atoms with Gasteiger partial charge in [-0.25, -0.2) is 0 Å². The predicted octanol–water partition coefficient (Wildman–Crippen LogP) is 12.3. The molecule has 22 heteroatoms. The van der Waals surface area contributed by atoms with Crippen molar-refractivity contribution >= 4 is 47.8 Å². The number of halogens is 1. The van der Waals surface area contributed by atoms with Crippen molar-refractivity contribution in [3.8, 4) is 0 Å². The van der Waals surface area contributed by atoms with Gasteiger partial charge in [-0.15, -0.1) is 0 Å². The van der Waals surface area contributed by atoms with Crippen LogP contribution in [0.5, 0.6) is 0 Å². The number of hydrogen-bond donors (Lipinski definition) is 0. The van der Waals surface area contributed by atoms with Crippen LogP contribution in [0.25, 0.3) is 0 Å². The van der Waals surface area contributed by atoms with E-state index < -0.39 is 36.6 Å². The summed E-state index contributed by atoms with van der Waals surface area (Å²) in [7, 11) is -10.8. The average molecular weight is 1090 g/mol. The van der Waals surface area contributed by atoms with E-state index in [1.165, 1.54) is 154 Å². The van der Waals surface area contributed by atoms with Gasteiger partial charge in [0.2, 0.25) is 0 Å². The van der Waals surface area contributed by atoms with Crippen molar-refractivity contribution in [2.45, 2.75) is 154 Å². The van der Waals surface area contributed by atoms with E-state index in [-0.39, 0.29) is 0 Å². The van der Waals surface area contributed by atoms with Gasteiger partial charge in [-0.05, 0) is 0 Å². The van der Waals surface area contributed by atoms with Crippen LogP contribution in [0.2, 0.25) is 0 Å². The molecule has 12 saturated heterocycles. The summed E-state index contributed by atoms with van der Waals surface area (Å²) in [6.45, 7) is 21.5. The Hall–Kier alpha value is 1.16. The second-order valence-corrected chi connectivity index (χ2v) is 40.7. The molecule has 12 heterocycles. The zero-order valence-corrected chi connectivity index (χ0v) is 48.9. The van der Waals surface area contributed by atoms with Crippen LogP contribution >= 0.6 is 47.8 Å². The Morgan fingerprint density at radius 2 is 0.271 bits per heavy atom. The van der Waals surface area contributed by atoms with E-state index in [0.717, 1.165) is 157 Å². The molecule has 0 aromatic heterocycles. The SMILES string of the molecule is ClP(N=P(N1CCCC1)(N1CCCC1)N1CCCC1)(N=P(N1CCCC1)(N1CCCC1)N1CCCC1)(N=P(N1CCCC1)(N1CCCC1)N1CCCC1)N=P(N1CCCC1)(N1CCCC1)N1CCCC1. The molecule has 0 saturated carbocycles. The van der Waals surface area contributed by atoms with E-state index in [4.69, 9.17) is 18.1 Å². The van der Waals surface area contributed by atoms with E-state index in [1.807, 2.05) is 0 Å². The molecule has 0 radical (unpaired) electrons. The molecule has 12 aliphatic heterocycles. The van der Waals surface area contributed by atoms with Crippen LogP contribution in [0.4, 0.5) is 0 Å². The molecule has 16 nitrogen and oxygen atoms in total. The van der Waals surface area contributed by atoms with Crippen molar-refractivity contribution in [1.29, 1.82) is 0 Å². The van der Waals surface area contributed by atoms with E-state index in [0.29, 0.717) is 0 Å². The van der Waals surface area contributed by atoms with Crippen molar-refractivity contribution < 1.29 is 0 Å². The second-order valence-electron chi connectivity index (χ2n) is 23.3. The zero-order valence-electron chi connectivity index (χ0n) is 43.7. The molecule has 0 N–H and O–H groups in total. The van der Waals surface area contributed by atoms with Gasteiger partial charge in [-0.3, -0.25) is 0 Å². The molecule has 0 amide bonds. The molecule has 0 spiro atoms. The first kappa shape index (κ1) is 51.9. The Bertz CT molecular complexity index is 1530. The molecule has 0 atom stereocenters. The molecule has 0 aromatic rings. The Labute approximate surface area is 431 Å². The minimum absolute atomic E-state index is 1.10. The van der Waals surface area contributed by atoms with Gasteiger partial charge in [0.25, 0.3) is 0 Å². The first-order chi connectivity index (χ1) is 34.4.